The second-order valence-electron chi connectivity index (χ2n) is 3.68. The molecule has 0 fully saturated rings. The van der Waals surface area contributed by atoms with Crippen LogP contribution >= 0.6 is 0 Å². The lowest BCUT2D eigenvalue weighted by molar-refractivity contribution is 0.0855. The zero-order chi connectivity index (χ0) is 11.3. The van der Waals surface area contributed by atoms with Gasteiger partial charge in [-0.3, -0.25) is 0 Å². The molecule has 0 aliphatic heterocycles. The minimum absolute atomic E-state index is 0.204. The van der Waals surface area contributed by atoms with Gasteiger partial charge in [0.15, 0.2) is 0 Å². The lowest BCUT2D eigenvalue weighted by Gasteiger charge is -2.15. The first-order chi connectivity index (χ1) is 7.15. The largest absolute Gasteiger partial charge is 0.397 e. The topological polar surface area (TPSA) is 47.3 Å². The van der Waals surface area contributed by atoms with E-state index >= 15 is 0 Å². The van der Waals surface area contributed by atoms with Crippen molar-refractivity contribution >= 4 is 11.4 Å². The molecular weight excluding hydrogens is 188 g/mol. The van der Waals surface area contributed by atoms with Crippen LogP contribution in [0, 0.1) is 6.92 Å². The summed E-state index contributed by atoms with van der Waals surface area (Å²) in [7, 11) is 0. The van der Waals surface area contributed by atoms with E-state index in [1.165, 1.54) is 0 Å². The maximum absolute atomic E-state index is 5.94. The molecule has 1 aromatic rings. The number of benzene rings is 1. The Kier molecular flexibility index (Phi) is 4.43. The van der Waals surface area contributed by atoms with E-state index in [9.17, 15) is 0 Å². The van der Waals surface area contributed by atoms with Gasteiger partial charge in [-0.15, -0.1) is 0 Å². The van der Waals surface area contributed by atoms with E-state index in [0.29, 0.717) is 0 Å². The fraction of sp³-hybridized carbons (Fsp3) is 0.500. The molecule has 0 aliphatic carbocycles. The van der Waals surface area contributed by atoms with Crippen LogP contribution in [-0.2, 0) is 4.74 Å². The second-order valence-corrected chi connectivity index (χ2v) is 3.68. The molecule has 0 aromatic heterocycles. The number of aryl methyl sites for hydroxylation is 1. The Hall–Kier alpha value is -1.22. The van der Waals surface area contributed by atoms with E-state index in [-0.39, 0.29) is 6.10 Å². The quantitative estimate of drug-likeness (QED) is 0.730. The van der Waals surface area contributed by atoms with Crippen LogP contribution in [0.2, 0.25) is 0 Å². The maximum Gasteiger partial charge on any atom is 0.0719 e. The van der Waals surface area contributed by atoms with E-state index in [0.717, 1.165) is 30.1 Å². The van der Waals surface area contributed by atoms with Gasteiger partial charge in [-0.05, 0) is 32.4 Å². The number of nitrogen functional groups attached to an aromatic ring is 1. The summed E-state index contributed by atoms with van der Waals surface area (Å²) in [4.78, 5) is 0. The van der Waals surface area contributed by atoms with Crippen LogP contribution in [-0.4, -0.2) is 19.3 Å². The monoisotopic (exact) mass is 208 g/mol. The molecule has 0 bridgehead atoms. The van der Waals surface area contributed by atoms with Crippen LogP contribution in [0.4, 0.5) is 11.4 Å². The molecule has 3 heteroatoms. The number of anilines is 2. The average molecular weight is 208 g/mol. The summed E-state index contributed by atoms with van der Waals surface area (Å²) in [5.74, 6) is 0. The van der Waals surface area contributed by atoms with Gasteiger partial charge >= 0.3 is 0 Å². The van der Waals surface area contributed by atoms with Crippen molar-refractivity contribution in [1.82, 2.24) is 0 Å². The van der Waals surface area contributed by atoms with Crippen LogP contribution < -0.4 is 11.1 Å². The van der Waals surface area contributed by atoms with E-state index < -0.39 is 0 Å². The van der Waals surface area contributed by atoms with Gasteiger partial charge in [0.2, 0.25) is 0 Å². The predicted octanol–water partition coefficient (Wildman–Crippen LogP) is 2.41. The molecule has 0 aliphatic rings. The van der Waals surface area contributed by atoms with Gasteiger partial charge in [0.25, 0.3) is 0 Å². The molecule has 0 spiro atoms. The number of rotatable bonds is 5. The minimum atomic E-state index is 0.204. The van der Waals surface area contributed by atoms with Gasteiger partial charge in [-0.1, -0.05) is 12.1 Å². The van der Waals surface area contributed by atoms with Crippen LogP contribution in [0.1, 0.15) is 19.4 Å². The first kappa shape index (κ1) is 11.9. The molecule has 0 amide bonds. The van der Waals surface area contributed by atoms with Crippen LogP contribution in [0.15, 0.2) is 18.2 Å². The smallest absolute Gasteiger partial charge is 0.0719 e. The molecule has 3 N–H and O–H groups in total. The lowest BCUT2D eigenvalue weighted by atomic mass is 10.1. The summed E-state index contributed by atoms with van der Waals surface area (Å²) in [6, 6.07) is 5.99. The van der Waals surface area contributed by atoms with Crippen molar-refractivity contribution in [2.45, 2.75) is 26.9 Å². The Labute approximate surface area is 91.6 Å². The molecule has 15 heavy (non-hydrogen) atoms. The van der Waals surface area contributed by atoms with Crippen molar-refractivity contribution in [3.05, 3.63) is 23.8 Å². The summed E-state index contributed by atoms with van der Waals surface area (Å²) in [6.45, 7) is 7.57. The number of para-hydroxylation sites is 1. The Morgan fingerprint density at radius 2 is 2.20 bits per heavy atom. The van der Waals surface area contributed by atoms with Gasteiger partial charge in [-0.25, -0.2) is 0 Å². The van der Waals surface area contributed by atoms with Crippen LogP contribution in [0.3, 0.4) is 0 Å². The third-order valence-electron chi connectivity index (χ3n) is 2.36. The summed E-state index contributed by atoms with van der Waals surface area (Å²) >= 11 is 0. The zero-order valence-electron chi connectivity index (χ0n) is 9.71. The Morgan fingerprint density at radius 3 is 2.87 bits per heavy atom. The number of nitrogens with one attached hydrogen (secondary N) is 1. The fourth-order valence-electron chi connectivity index (χ4n) is 1.43. The third kappa shape index (κ3) is 3.44. The van der Waals surface area contributed by atoms with E-state index in [1.54, 1.807) is 0 Å². The Bertz CT molecular complexity index is 312. The van der Waals surface area contributed by atoms with Gasteiger partial charge < -0.3 is 15.8 Å². The molecular formula is C12H20N2O. The molecule has 0 radical (unpaired) electrons. The summed E-state index contributed by atoms with van der Waals surface area (Å²) in [6.07, 6.45) is 0.204. The SMILES string of the molecule is CCOC(C)CNc1cccc(C)c1N. The van der Waals surface area contributed by atoms with Gasteiger partial charge in [0.1, 0.15) is 0 Å². The van der Waals surface area contributed by atoms with E-state index in [2.05, 4.69) is 5.32 Å². The lowest BCUT2D eigenvalue weighted by Crippen LogP contribution is -2.20. The van der Waals surface area contributed by atoms with Crippen molar-refractivity contribution in [1.29, 1.82) is 0 Å². The van der Waals surface area contributed by atoms with E-state index in [4.69, 9.17) is 10.5 Å². The van der Waals surface area contributed by atoms with Crippen molar-refractivity contribution in [2.24, 2.45) is 0 Å². The molecule has 3 nitrogen and oxygen atoms in total. The highest BCUT2D eigenvalue weighted by Crippen LogP contribution is 2.21. The zero-order valence-corrected chi connectivity index (χ0v) is 9.71. The summed E-state index contributed by atoms with van der Waals surface area (Å²) in [5, 5.41) is 3.29. The van der Waals surface area contributed by atoms with Crippen LogP contribution in [0.25, 0.3) is 0 Å². The minimum Gasteiger partial charge on any atom is -0.397 e. The highest BCUT2D eigenvalue weighted by Gasteiger charge is 2.03. The average Bonchev–Trinajstić information content (AvgIpc) is 2.21. The second kappa shape index (κ2) is 5.61. The first-order valence-corrected chi connectivity index (χ1v) is 5.35. The molecule has 1 aromatic carbocycles. The Balaban J connectivity index is 2.54. The summed E-state index contributed by atoms with van der Waals surface area (Å²) < 4.78 is 5.43. The van der Waals surface area contributed by atoms with Gasteiger partial charge in [0.05, 0.1) is 17.5 Å². The van der Waals surface area contributed by atoms with Crippen molar-refractivity contribution in [3.8, 4) is 0 Å². The van der Waals surface area contributed by atoms with Gasteiger partial charge in [-0.2, -0.15) is 0 Å². The Morgan fingerprint density at radius 1 is 1.47 bits per heavy atom. The molecule has 1 unspecified atom stereocenters. The molecule has 0 heterocycles. The number of ether oxygens (including phenoxy) is 1. The summed E-state index contributed by atoms with van der Waals surface area (Å²) in [5.41, 5.74) is 8.85. The number of hydrogen-bond acceptors (Lipinski definition) is 3. The number of hydrogen-bond donors (Lipinski definition) is 2. The van der Waals surface area contributed by atoms with E-state index in [1.807, 2.05) is 39.0 Å². The molecule has 0 saturated heterocycles. The van der Waals surface area contributed by atoms with Crippen molar-refractivity contribution in [2.75, 3.05) is 24.2 Å². The highest BCUT2D eigenvalue weighted by atomic mass is 16.5. The standard InChI is InChI=1S/C12H20N2O/c1-4-15-10(3)8-14-11-7-5-6-9(2)12(11)13/h5-7,10,14H,4,8,13H2,1-3H3. The third-order valence-corrected chi connectivity index (χ3v) is 2.36. The fourth-order valence-corrected chi connectivity index (χ4v) is 1.43. The molecule has 0 saturated carbocycles. The molecule has 84 valence electrons. The predicted molar refractivity (Wildman–Crippen MR) is 65.2 cm³/mol. The van der Waals surface area contributed by atoms with Crippen molar-refractivity contribution in [3.63, 3.8) is 0 Å². The molecule has 1 rings (SSSR count). The van der Waals surface area contributed by atoms with Crippen molar-refractivity contribution < 1.29 is 4.74 Å². The maximum atomic E-state index is 5.94. The highest BCUT2D eigenvalue weighted by molar-refractivity contribution is 5.69. The number of nitrogens with two attached hydrogens (primary N) is 1. The normalized spacial score (nSPS) is 12.5. The first-order valence-electron chi connectivity index (χ1n) is 5.35. The van der Waals surface area contributed by atoms with Gasteiger partial charge in [0, 0.05) is 13.2 Å². The molecule has 1 atom stereocenters. The van der Waals surface area contributed by atoms with Crippen LogP contribution in [0.5, 0.6) is 0 Å².